The molecular formula is C18H18N2O5S. The van der Waals surface area contributed by atoms with Crippen molar-refractivity contribution in [3.63, 3.8) is 0 Å². The van der Waals surface area contributed by atoms with Gasteiger partial charge in [-0.05, 0) is 47.9 Å². The van der Waals surface area contributed by atoms with Gasteiger partial charge in [0.05, 0.1) is 11.4 Å². The lowest BCUT2D eigenvalue weighted by molar-refractivity contribution is 0.0706. The van der Waals surface area contributed by atoms with Crippen LogP contribution in [-0.4, -0.2) is 37.0 Å². The number of sulfone groups is 1. The van der Waals surface area contributed by atoms with Crippen molar-refractivity contribution in [3.05, 3.63) is 60.3 Å². The highest BCUT2D eigenvalue weighted by Gasteiger charge is 2.09. The number of rotatable bonds is 6. The summed E-state index contributed by atoms with van der Waals surface area (Å²) in [6.45, 7) is 0.917. The minimum absolute atomic E-state index is 0.246. The summed E-state index contributed by atoms with van der Waals surface area (Å²) < 4.78 is 30.5. The number of hydrogen-bond donors (Lipinski definition) is 2. The predicted molar refractivity (Wildman–Crippen MR) is 96.2 cm³/mol. The van der Waals surface area contributed by atoms with E-state index in [4.69, 9.17) is 9.94 Å². The molecule has 0 unspecified atom stereocenters. The molecule has 0 bridgehead atoms. The molecule has 3 aromatic rings. The average molecular weight is 374 g/mol. The zero-order chi connectivity index (χ0) is 18.7. The van der Waals surface area contributed by atoms with Crippen LogP contribution in [0.3, 0.4) is 0 Å². The van der Waals surface area contributed by atoms with Gasteiger partial charge in [-0.25, -0.2) is 13.9 Å². The van der Waals surface area contributed by atoms with Gasteiger partial charge >= 0.3 is 0 Å². The molecule has 0 aliphatic rings. The molecule has 26 heavy (non-hydrogen) atoms. The highest BCUT2D eigenvalue weighted by Crippen LogP contribution is 2.19. The summed E-state index contributed by atoms with van der Waals surface area (Å²) in [7, 11) is -3.22. The normalized spacial score (nSPS) is 11.5. The maximum atomic E-state index is 11.5. The summed E-state index contributed by atoms with van der Waals surface area (Å²) in [6, 6.07) is 13.3. The molecule has 0 spiro atoms. The maximum Gasteiger partial charge on any atom is 0.274 e. The summed E-state index contributed by atoms with van der Waals surface area (Å²) in [5, 5.41) is 9.72. The molecule has 1 amide bonds. The topological polar surface area (TPSA) is 97.6 Å². The lowest BCUT2D eigenvalue weighted by Crippen LogP contribution is -2.18. The van der Waals surface area contributed by atoms with E-state index in [0.29, 0.717) is 24.5 Å². The monoisotopic (exact) mass is 374 g/mol. The fraction of sp³-hybridized carbons (Fsp3) is 0.167. The third kappa shape index (κ3) is 3.87. The van der Waals surface area contributed by atoms with Crippen LogP contribution < -0.4 is 10.2 Å². The number of nitrogens with one attached hydrogen (secondary N) is 1. The number of aromatic nitrogens is 1. The van der Waals surface area contributed by atoms with Gasteiger partial charge in [-0.3, -0.25) is 10.0 Å². The van der Waals surface area contributed by atoms with Gasteiger partial charge in [0, 0.05) is 23.5 Å². The van der Waals surface area contributed by atoms with Gasteiger partial charge in [0.2, 0.25) is 0 Å². The first-order valence-electron chi connectivity index (χ1n) is 7.85. The van der Waals surface area contributed by atoms with Crippen molar-refractivity contribution in [2.24, 2.45) is 0 Å². The first-order chi connectivity index (χ1) is 12.4. The van der Waals surface area contributed by atoms with Crippen LogP contribution in [0.5, 0.6) is 5.75 Å². The number of benzene rings is 2. The molecule has 0 saturated carbocycles. The lowest BCUT2D eigenvalue weighted by Gasteiger charge is -2.09. The second-order valence-electron chi connectivity index (χ2n) is 5.82. The summed E-state index contributed by atoms with van der Waals surface area (Å²) in [5.41, 5.74) is 2.83. The number of fused-ring (bicyclic) bond motifs is 1. The molecule has 7 nitrogen and oxygen atoms in total. The molecule has 2 aromatic carbocycles. The molecule has 0 saturated heterocycles. The largest absolute Gasteiger partial charge is 0.492 e. The molecule has 0 atom stereocenters. The quantitative estimate of drug-likeness (QED) is 0.509. The standard InChI is InChI=1S/C18H18N2O5S/c1-26(23,24)16-6-4-15(5-7-16)25-11-10-20-9-8-13-2-3-14(12-17(13)20)18(21)19-22/h2-9,12,22H,10-11H2,1H3,(H,19,21). The molecule has 1 aromatic heterocycles. The second-order valence-corrected chi connectivity index (χ2v) is 7.83. The van der Waals surface area contributed by atoms with Crippen molar-refractivity contribution in [1.29, 1.82) is 0 Å². The average Bonchev–Trinajstić information content (AvgIpc) is 3.03. The van der Waals surface area contributed by atoms with Gasteiger partial charge in [0.25, 0.3) is 5.91 Å². The number of nitrogens with zero attached hydrogens (tertiary/aromatic N) is 1. The van der Waals surface area contributed by atoms with Gasteiger partial charge in [0.15, 0.2) is 9.84 Å². The smallest absolute Gasteiger partial charge is 0.274 e. The highest BCUT2D eigenvalue weighted by molar-refractivity contribution is 7.90. The van der Waals surface area contributed by atoms with Crippen molar-refractivity contribution >= 4 is 26.6 Å². The van der Waals surface area contributed by atoms with Crippen molar-refractivity contribution < 1.29 is 23.2 Å². The van der Waals surface area contributed by atoms with E-state index in [2.05, 4.69) is 0 Å². The fourth-order valence-electron chi connectivity index (χ4n) is 2.63. The van der Waals surface area contributed by atoms with E-state index in [9.17, 15) is 13.2 Å². The van der Waals surface area contributed by atoms with Gasteiger partial charge in [-0.1, -0.05) is 6.07 Å². The van der Waals surface area contributed by atoms with E-state index in [1.54, 1.807) is 35.8 Å². The Morgan fingerprint density at radius 3 is 2.54 bits per heavy atom. The molecule has 2 N–H and O–H groups in total. The Bertz CT molecular complexity index is 1040. The Labute approximate surface area is 150 Å². The van der Waals surface area contributed by atoms with Crippen LogP contribution in [0.4, 0.5) is 0 Å². The maximum absolute atomic E-state index is 11.5. The number of hydrogen-bond acceptors (Lipinski definition) is 5. The van der Waals surface area contributed by atoms with E-state index in [-0.39, 0.29) is 4.90 Å². The molecule has 0 radical (unpaired) electrons. The Kier molecular flexibility index (Phi) is 4.97. The van der Waals surface area contributed by atoms with E-state index in [0.717, 1.165) is 17.2 Å². The number of hydroxylamine groups is 1. The number of amides is 1. The molecule has 136 valence electrons. The summed E-state index contributed by atoms with van der Waals surface area (Å²) >= 11 is 0. The summed E-state index contributed by atoms with van der Waals surface area (Å²) in [4.78, 5) is 11.8. The zero-order valence-electron chi connectivity index (χ0n) is 14.0. The van der Waals surface area contributed by atoms with Gasteiger partial charge in [-0.15, -0.1) is 0 Å². The Hall–Kier alpha value is -2.84. The third-order valence-electron chi connectivity index (χ3n) is 3.99. The molecule has 8 heteroatoms. The van der Waals surface area contributed by atoms with Crippen molar-refractivity contribution in [2.75, 3.05) is 12.9 Å². The van der Waals surface area contributed by atoms with Crippen LogP contribution in [0.1, 0.15) is 10.4 Å². The van der Waals surface area contributed by atoms with Crippen LogP contribution in [0.2, 0.25) is 0 Å². The Morgan fingerprint density at radius 2 is 1.88 bits per heavy atom. The van der Waals surface area contributed by atoms with Gasteiger partial charge in [0.1, 0.15) is 12.4 Å². The minimum atomic E-state index is -3.22. The fourth-order valence-corrected chi connectivity index (χ4v) is 3.26. The number of carbonyl (C=O) groups excluding carboxylic acids is 1. The number of ether oxygens (including phenoxy) is 1. The van der Waals surface area contributed by atoms with E-state index in [1.165, 1.54) is 12.1 Å². The van der Waals surface area contributed by atoms with Crippen molar-refractivity contribution in [2.45, 2.75) is 11.4 Å². The van der Waals surface area contributed by atoms with Crippen LogP contribution in [0.25, 0.3) is 10.9 Å². The molecule has 0 aliphatic heterocycles. The van der Waals surface area contributed by atoms with Crippen molar-refractivity contribution in [1.82, 2.24) is 10.0 Å². The molecule has 0 aliphatic carbocycles. The molecule has 3 rings (SSSR count). The SMILES string of the molecule is CS(=O)(=O)c1ccc(OCCn2ccc3ccc(C(=O)NO)cc32)cc1. The zero-order valence-corrected chi connectivity index (χ0v) is 14.9. The highest BCUT2D eigenvalue weighted by atomic mass is 32.2. The summed E-state index contributed by atoms with van der Waals surface area (Å²) in [5.74, 6) is 0.0103. The minimum Gasteiger partial charge on any atom is -0.492 e. The first kappa shape index (κ1) is 18.0. The van der Waals surface area contributed by atoms with Crippen molar-refractivity contribution in [3.8, 4) is 5.75 Å². The van der Waals surface area contributed by atoms with Crippen LogP contribution >= 0.6 is 0 Å². The molecule has 1 heterocycles. The Morgan fingerprint density at radius 1 is 1.15 bits per heavy atom. The van der Waals surface area contributed by atoms with Crippen LogP contribution in [0.15, 0.2) is 59.6 Å². The van der Waals surface area contributed by atoms with Crippen LogP contribution in [0, 0.1) is 0 Å². The summed E-state index contributed by atoms with van der Waals surface area (Å²) in [6.07, 6.45) is 3.05. The van der Waals surface area contributed by atoms with E-state index < -0.39 is 15.7 Å². The van der Waals surface area contributed by atoms with Gasteiger partial charge in [-0.2, -0.15) is 0 Å². The first-order valence-corrected chi connectivity index (χ1v) is 9.74. The molecule has 0 fully saturated rings. The van der Waals surface area contributed by atoms with Crippen LogP contribution in [-0.2, 0) is 16.4 Å². The Balaban J connectivity index is 1.69. The van der Waals surface area contributed by atoms with E-state index in [1.807, 2.05) is 16.8 Å². The third-order valence-corrected chi connectivity index (χ3v) is 5.12. The number of carbonyl (C=O) groups is 1. The predicted octanol–water partition coefficient (Wildman–Crippen LogP) is 2.24. The lowest BCUT2D eigenvalue weighted by atomic mass is 10.1. The second kappa shape index (κ2) is 7.19. The van der Waals surface area contributed by atoms with E-state index >= 15 is 0 Å². The van der Waals surface area contributed by atoms with Gasteiger partial charge < -0.3 is 9.30 Å². The molecular weight excluding hydrogens is 356 g/mol.